The van der Waals surface area contributed by atoms with Crippen LogP contribution in [-0.2, 0) is 4.79 Å². The van der Waals surface area contributed by atoms with Crippen LogP contribution in [0.4, 0.5) is 0 Å². The lowest BCUT2D eigenvalue weighted by atomic mass is 10.3. The van der Waals surface area contributed by atoms with Gasteiger partial charge < -0.3 is 9.69 Å². The van der Waals surface area contributed by atoms with Crippen molar-refractivity contribution in [1.29, 1.82) is 0 Å². The Morgan fingerprint density at radius 3 is 2.44 bits per heavy atom. The standard InChI is InChI=1S/C7H13NO/c1-4-5-8(3)7(2)6-9/h4-7H,1-3H3/b5-4-. The molecule has 0 aromatic carbocycles. The van der Waals surface area contributed by atoms with Gasteiger partial charge in [-0.05, 0) is 20.0 Å². The first-order chi connectivity index (χ1) is 4.22. The van der Waals surface area contributed by atoms with Crippen molar-refractivity contribution < 1.29 is 4.79 Å². The number of likely N-dealkylation sites (N-methyl/N-ethyl adjacent to an activating group) is 1. The SMILES string of the molecule is C/C=C\N(C)C(C)C=O. The van der Waals surface area contributed by atoms with Crippen molar-refractivity contribution in [2.24, 2.45) is 0 Å². The number of hydrogen-bond donors (Lipinski definition) is 0. The fraction of sp³-hybridized carbons (Fsp3) is 0.571. The molecule has 52 valence electrons. The fourth-order valence-electron chi connectivity index (χ4n) is 0.467. The largest absolute Gasteiger partial charge is 0.371 e. The Hall–Kier alpha value is -0.790. The fourth-order valence-corrected chi connectivity index (χ4v) is 0.467. The van der Waals surface area contributed by atoms with Crippen LogP contribution in [0, 0.1) is 0 Å². The van der Waals surface area contributed by atoms with Crippen molar-refractivity contribution in [3.8, 4) is 0 Å². The summed E-state index contributed by atoms with van der Waals surface area (Å²) in [5.74, 6) is 0. The zero-order valence-electron chi connectivity index (χ0n) is 6.16. The van der Waals surface area contributed by atoms with Crippen LogP contribution in [0.25, 0.3) is 0 Å². The Balaban J connectivity index is 3.71. The van der Waals surface area contributed by atoms with Gasteiger partial charge in [0.25, 0.3) is 0 Å². The van der Waals surface area contributed by atoms with Gasteiger partial charge in [0.1, 0.15) is 6.29 Å². The van der Waals surface area contributed by atoms with E-state index in [2.05, 4.69) is 0 Å². The lowest BCUT2D eigenvalue weighted by Gasteiger charge is -2.16. The van der Waals surface area contributed by atoms with Crippen LogP contribution in [0.15, 0.2) is 12.3 Å². The van der Waals surface area contributed by atoms with Crippen LogP contribution in [0.1, 0.15) is 13.8 Å². The Morgan fingerprint density at radius 2 is 2.11 bits per heavy atom. The average Bonchev–Trinajstić information content (AvgIpc) is 1.87. The van der Waals surface area contributed by atoms with Crippen LogP contribution >= 0.6 is 0 Å². The lowest BCUT2D eigenvalue weighted by molar-refractivity contribution is -0.110. The van der Waals surface area contributed by atoms with Crippen LogP contribution < -0.4 is 0 Å². The molecule has 0 spiro atoms. The van der Waals surface area contributed by atoms with Gasteiger partial charge in [-0.3, -0.25) is 0 Å². The molecule has 0 amide bonds. The van der Waals surface area contributed by atoms with Crippen LogP contribution in [0.2, 0.25) is 0 Å². The minimum Gasteiger partial charge on any atom is -0.371 e. The first kappa shape index (κ1) is 8.21. The Morgan fingerprint density at radius 1 is 1.56 bits per heavy atom. The van der Waals surface area contributed by atoms with Gasteiger partial charge in [-0.15, -0.1) is 0 Å². The predicted octanol–water partition coefficient (Wildman–Crippen LogP) is 1.04. The maximum absolute atomic E-state index is 10.1. The van der Waals surface area contributed by atoms with E-state index in [1.165, 1.54) is 0 Å². The molecule has 0 heterocycles. The molecular weight excluding hydrogens is 114 g/mol. The number of allylic oxidation sites excluding steroid dienone is 1. The van der Waals surface area contributed by atoms with Gasteiger partial charge in [0.2, 0.25) is 0 Å². The Bertz CT molecular complexity index is 109. The molecule has 0 aliphatic heterocycles. The summed E-state index contributed by atoms with van der Waals surface area (Å²) in [6.07, 6.45) is 4.69. The number of rotatable bonds is 3. The summed E-state index contributed by atoms with van der Waals surface area (Å²) in [7, 11) is 1.87. The van der Waals surface area contributed by atoms with Gasteiger partial charge in [-0.1, -0.05) is 6.08 Å². The minimum atomic E-state index is -0.0128. The predicted molar refractivity (Wildman–Crippen MR) is 38.1 cm³/mol. The zero-order chi connectivity index (χ0) is 7.28. The minimum absolute atomic E-state index is 0.0128. The molecule has 0 N–H and O–H groups in total. The highest BCUT2D eigenvalue weighted by atomic mass is 16.1. The summed E-state index contributed by atoms with van der Waals surface area (Å²) in [4.78, 5) is 12.0. The lowest BCUT2D eigenvalue weighted by Crippen LogP contribution is -2.24. The van der Waals surface area contributed by atoms with E-state index in [9.17, 15) is 4.79 Å². The zero-order valence-corrected chi connectivity index (χ0v) is 6.16. The Kier molecular flexibility index (Phi) is 3.76. The second kappa shape index (κ2) is 4.13. The number of nitrogens with zero attached hydrogens (tertiary/aromatic N) is 1. The highest BCUT2D eigenvalue weighted by molar-refractivity contribution is 5.56. The van der Waals surface area contributed by atoms with Gasteiger partial charge >= 0.3 is 0 Å². The van der Waals surface area contributed by atoms with Gasteiger partial charge in [0, 0.05) is 7.05 Å². The third-order valence-corrected chi connectivity index (χ3v) is 1.22. The molecule has 1 atom stereocenters. The van der Waals surface area contributed by atoms with E-state index in [4.69, 9.17) is 0 Å². The van der Waals surface area contributed by atoms with Crippen molar-refractivity contribution in [2.45, 2.75) is 19.9 Å². The van der Waals surface area contributed by atoms with E-state index < -0.39 is 0 Å². The first-order valence-electron chi connectivity index (χ1n) is 3.02. The van der Waals surface area contributed by atoms with E-state index in [1.807, 2.05) is 38.1 Å². The summed E-state index contributed by atoms with van der Waals surface area (Å²) in [6, 6.07) is -0.0128. The summed E-state index contributed by atoms with van der Waals surface area (Å²) in [5, 5.41) is 0. The molecule has 2 heteroatoms. The van der Waals surface area contributed by atoms with E-state index in [1.54, 1.807) is 0 Å². The molecule has 0 aromatic heterocycles. The maximum Gasteiger partial charge on any atom is 0.142 e. The number of hydrogen-bond acceptors (Lipinski definition) is 2. The number of aldehydes is 1. The molecule has 0 aliphatic rings. The van der Waals surface area contributed by atoms with E-state index in [0.717, 1.165) is 6.29 Å². The molecule has 0 fully saturated rings. The van der Waals surface area contributed by atoms with Crippen molar-refractivity contribution in [3.05, 3.63) is 12.3 Å². The Labute approximate surface area is 56.2 Å². The molecular formula is C7H13NO. The summed E-state index contributed by atoms with van der Waals surface area (Å²) in [5.41, 5.74) is 0. The molecule has 9 heavy (non-hydrogen) atoms. The van der Waals surface area contributed by atoms with Gasteiger partial charge in [-0.25, -0.2) is 0 Å². The highest BCUT2D eigenvalue weighted by Gasteiger charge is 1.99. The monoisotopic (exact) mass is 127 g/mol. The molecule has 2 nitrogen and oxygen atoms in total. The van der Waals surface area contributed by atoms with Gasteiger partial charge in [0.15, 0.2) is 0 Å². The summed E-state index contributed by atoms with van der Waals surface area (Å²) >= 11 is 0. The number of carbonyl (C=O) groups excluding carboxylic acids is 1. The maximum atomic E-state index is 10.1. The van der Waals surface area contributed by atoms with E-state index in [-0.39, 0.29) is 6.04 Å². The first-order valence-corrected chi connectivity index (χ1v) is 3.02. The van der Waals surface area contributed by atoms with Crippen molar-refractivity contribution in [1.82, 2.24) is 4.90 Å². The van der Waals surface area contributed by atoms with Crippen molar-refractivity contribution >= 4 is 6.29 Å². The molecule has 0 rings (SSSR count). The third-order valence-electron chi connectivity index (χ3n) is 1.22. The summed E-state index contributed by atoms with van der Waals surface area (Å²) < 4.78 is 0. The van der Waals surface area contributed by atoms with Crippen LogP contribution in [0.5, 0.6) is 0 Å². The van der Waals surface area contributed by atoms with E-state index >= 15 is 0 Å². The van der Waals surface area contributed by atoms with Crippen LogP contribution in [0.3, 0.4) is 0 Å². The summed E-state index contributed by atoms with van der Waals surface area (Å²) in [6.45, 7) is 3.78. The smallest absolute Gasteiger partial charge is 0.142 e. The topological polar surface area (TPSA) is 20.3 Å². The molecule has 0 bridgehead atoms. The molecule has 0 saturated heterocycles. The average molecular weight is 127 g/mol. The second-order valence-corrected chi connectivity index (χ2v) is 2.02. The number of carbonyl (C=O) groups is 1. The van der Waals surface area contributed by atoms with Crippen molar-refractivity contribution in [3.63, 3.8) is 0 Å². The quantitative estimate of drug-likeness (QED) is 0.528. The van der Waals surface area contributed by atoms with Crippen molar-refractivity contribution in [2.75, 3.05) is 7.05 Å². The third kappa shape index (κ3) is 2.90. The normalized spacial score (nSPS) is 13.7. The van der Waals surface area contributed by atoms with Gasteiger partial charge in [-0.2, -0.15) is 0 Å². The van der Waals surface area contributed by atoms with Crippen LogP contribution in [-0.4, -0.2) is 24.3 Å². The second-order valence-electron chi connectivity index (χ2n) is 2.02. The molecule has 0 saturated carbocycles. The molecule has 0 aliphatic carbocycles. The molecule has 0 aromatic rings. The molecule has 0 radical (unpaired) electrons. The molecule has 1 unspecified atom stereocenters. The highest BCUT2D eigenvalue weighted by Crippen LogP contribution is 1.90. The van der Waals surface area contributed by atoms with Gasteiger partial charge in [0.05, 0.1) is 6.04 Å². The van der Waals surface area contributed by atoms with E-state index in [0.29, 0.717) is 0 Å².